The second kappa shape index (κ2) is 6.65. The van der Waals surface area contributed by atoms with E-state index in [0.717, 1.165) is 57.3 Å². The molecule has 1 aliphatic carbocycles. The number of hydrogen-bond acceptors (Lipinski definition) is 5. The van der Waals surface area contributed by atoms with Gasteiger partial charge in [-0.25, -0.2) is 0 Å². The number of likely N-dealkylation sites (tertiary alicyclic amines) is 1. The van der Waals surface area contributed by atoms with E-state index in [1.807, 2.05) is 11.8 Å². The first kappa shape index (κ1) is 14.0. The van der Waals surface area contributed by atoms with Crippen LogP contribution in [-0.2, 0) is 17.8 Å². The number of piperidine rings is 1. The molecule has 1 aromatic rings. The van der Waals surface area contributed by atoms with E-state index in [2.05, 4.69) is 26.7 Å². The van der Waals surface area contributed by atoms with Crippen molar-refractivity contribution in [1.29, 1.82) is 0 Å². The zero-order valence-electron chi connectivity index (χ0n) is 12.3. The summed E-state index contributed by atoms with van der Waals surface area (Å²) in [5.41, 5.74) is 1.05. The van der Waals surface area contributed by atoms with Crippen LogP contribution in [0.15, 0.2) is 6.20 Å². The highest BCUT2D eigenvalue weighted by molar-refractivity contribution is 4.94. The van der Waals surface area contributed by atoms with Crippen LogP contribution in [-0.4, -0.2) is 58.8 Å². The number of rotatable bonds is 7. The molecule has 2 fully saturated rings. The molecule has 1 saturated heterocycles. The quantitative estimate of drug-likeness (QED) is 0.794. The Bertz CT molecular complexity index is 409. The predicted molar refractivity (Wildman–Crippen MR) is 76.4 cm³/mol. The summed E-state index contributed by atoms with van der Waals surface area (Å²) >= 11 is 0. The third-order valence-corrected chi connectivity index (χ3v) is 4.25. The highest BCUT2D eigenvalue weighted by Crippen LogP contribution is 2.18. The second-order valence-corrected chi connectivity index (χ2v) is 5.90. The average molecular weight is 279 g/mol. The van der Waals surface area contributed by atoms with Crippen molar-refractivity contribution in [3.05, 3.63) is 11.9 Å². The van der Waals surface area contributed by atoms with Gasteiger partial charge in [-0.15, -0.1) is 5.10 Å². The Balaban J connectivity index is 1.37. The van der Waals surface area contributed by atoms with E-state index in [-0.39, 0.29) is 0 Å². The van der Waals surface area contributed by atoms with Crippen LogP contribution in [0.2, 0.25) is 0 Å². The third kappa shape index (κ3) is 4.01. The molecule has 0 radical (unpaired) electrons. The van der Waals surface area contributed by atoms with Crippen molar-refractivity contribution in [2.45, 2.75) is 50.9 Å². The van der Waals surface area contributed by atoms with E-state index in [4.69, 9.17) is 4.74 Å². The molecule has 0 atom stereocenters. The number of nitrogens with one attached hydrogen (secondary N) is 1. The summed E-state index contributed by atoms with van der Waals surface area (Å²) in [5.74, 6) is 0. The zero-order chi connectivity index (χ0) is 13.8. The molecule has 0 aromatic carbocycles. The van der Waals surface area contributed by atoms with Crippen molar-refractivity contribution < 1.29 is 4.74 Å². The Morgan fingerprint density at radius 1 is 1.25 bits per heavy atom. The summed E-state index contributed by atoms with van der Waals surface area (Å²) in [6.45, 7) is 5.08. The summed E-state index contributed by atoms with van der Waals surface area (Å²) in [5, 5.41) is 11.9. The molecular formula is C14H25N5O. The highest BCUT2D eigenvalue weighted by Gasteiger charge is 2.21. The SMILES string of the molecule is COC1CCN(CCn2cc(CNC3CC3)nn2)CC1. The fourth-order valence-electron chi connectivity index (χ4n) is 2.68. The molecule has 0 bridgehead atoms. The number of hydrogen-bond donors (Lipinski definition) is 1. The maximum absolute atomic E-state index is 5.40. The van der Waals surface area contributed by atoms with Gasteiger partial charge in [0.15, 0.2) is 0 Å². The van der Waals surface area contributed by atoms with Gasteiger partial charge in [0.05, 0.1) is 18.3 Å². The van der Waals surface area contributed by atoms with Crippen LogP contribution < -0.4 is 5.32 Å². The molecule has 6 heteroatoms. The summed E-state index contributed by atoms with van der Waals surface area (Å²) in [4.78, 5) is 2.49. The zero-order valence-corrected chi connectivity index (χ0v) is 12.3. The van der Waals surface area contributed by atoms with Crippen LogP contribution in [0.5, 0.6) is 0 Å². The number of aromatic nitrogens is 3. The predicted octanol–water partition coefficient (Wildman–Crippen LogP) is 0.641. The smallest absolute Gasteiger partial charge is 0.0964 e. The van der Waals surface area contributed by atoms with Crippen molar-refractivity contribution in [1.82, 2.24) is 25.2 Å². The maximum atomic E-state index is 5.40. The van der Waals surface area contributed by atoms with Crippen LogP contribution in [0, 0.1) is 0 Å². The van der Waals surface area contributed by atoms with Crippen molar-refractivity contribution in [2.75, 3.05) is 26.7 Å². The number of ether oxygens (including phenoxy) is 1. The van der Waals surface area contributed by atoms with Gasteiger partial charge in [0.2, 0.25) is 0 Å². The number of methoxy groups -OCH3 is 1. The van der Waals surface area contributed by atoms with Crippen LogP contribution >= 0.6 is 0 Å². The monoisotopic (exact) mass is 279 g/mol. The minimum absolute atomic E-state index is 0.456. The van der Waals surface area contributed by atoms with Crippen LogP contribution in [0.1, 0.15) is 31.4 Å². The topological polar surface area (TPSA) is 55.2 Å². The van der Waals surface area contributed by atoms with Crippen molar-refractivity contribution in [3.63, 3.8) is 0 Å². The van der Waals surface area contributed by atoms with E-state index in [1.165, 1.54) is 12.8 Å². The largest absolute Gasteiger partial charge is 0.381 e. The molecule has 2 aliphatic rings. The van der Waals surface area contributed by atoms with Crippen molar-refractivity contribution in [3.8, 4) is 0 Å². The van der Waals surface area contributed by atoms with Crippen LogP contribution in [0.3, 0.4) is 0 Å². The molecule has 1 saturated carbocycles. The minimum Gasteiger partial charge on any atom is -0.381 e. The summed E-state index contributed by atoms with van der Waals surface area (Å²) in [6.07, 6.45) is 7.43. The van der Waals surface area contributed by atoms with E-state index < -0.39 is 0 Å². The Hall–Kier alpha value is -0.980. The van der Waals surface area contributed by atoms with Gasteiger partial charge < -0.3 is 15.0 Å². The van der Waals surface area contributed by atoms with Gasteiger partial charge in [-0.3, -0.25) is 4.68 Å². The molecule has 1 aliphatic heterocycles. The standard InChI is InChI=1S/C14H25N5O/c1-20-14-4-6-18(7-5-14)8-9-19-11-13(16-17-19)10-15-12-2-3-12/h11-12,14-15H,2-10H2,1H3. The molecule has 6 nitrogen and oxygen atoms in total. The first-order valence-electron chi connectivity index (χ1n) is 7.71. The number of nitrogens with zero attached hydrogens (tertiary/aromatic N) is 4. The lowest BCUT2D eigenvalue weighted by Gasteiger charge is -2.30. The molecule has 1 N–H and O–H groups in total. The molecule has 0 unspecified atom stereocenters. The van der Waals surface area contributed by atoms with Crippen molar-refractivity contribution in [2.24, 2.45) is 0 Å². The molecule has 0 amide bonds. The maximum Gasteiger partial charge on any atom is 0.0964 e. The van der Waals surface area contributed by atoms with E-state index in [0.29, 0.717) is 6.10 Å². The molecule has 1 aromatic heterocycles. The van der Waals surface area contributed by atoms with Gasteiger partial charge >= 0.3 is 0 Å². The minimum atomic E-state index is 0.456. The fraction of sp³-hybridized carbons (Fsp3) is 0.857. The van der Waals surface area contributed by atoms with Gasteiger partial charge in [0.1, 0.15) is 0 Å². The lowest BCUT2D eigenvalue weighted by Crippen LogP contribution is -2.38. The van der Waals surface area contributed by atoms with Crippen molar-refractivity contribution >= 4 is 0 Å². The van der Waals surface area contributed by atoms with E-state index in [1.54, 1.807) is 0 Å². The summed E-state index contributed by atoms with van der Waals surface area (Å²) in [6, 6.07) is 0.724. The van der Waals surface area contributed by atoms with Crippen LogP contribution in [0.25, 0.3) is 0 Å². The van der Waals surface area contributed by atoms with Gasteiger partial charge in [-0.1, -0.05) is 5.21 Å². The van der Waals surface area contributed by atoms with Gasteiger partial charge in [-0.2, -0.15) is 0 Å². The lowest BCUT2D eigenvalue weighted by molar-refractivity contribution is 0.0399. The molecule has 20 heavy (non-hydrogen) atoms. The molecule has 0 spiro atoms. The summed E-state index contributed by atoms with van der Waals surface area (Å²) < 4.78 is 7.36. The van der Waals surface area contributed by atoms with Crippen LogP contribution in [0.4, 0.5) is 0 Å². The third-order valence-electron chi connectivity index (χ3n) is 4.25. The summed E-state index contributed by atoms with van der Waals surface area (Å²) in [7, 11) is 1.81. The van der Waals surface area contributed by atoms with E-state index in [9.17, 15) is 0 Å². The Morgan fingerprint density at radius 2 is 2.05 bits per heavy atom. The Labute approximate surface area is 120 Å². The normalized spacial score (nSPS) is 21.4. The van der Waals surface area contributed by atoms with Gasteiger partial charge in [0.25, 0.3) is 0 Å². The second-order valence-electron chi connectivity index (χ2n) is 5.90. The lowest BCUT2D eigenvalue weighted by atomic mass is 10.1. The molecular weight excluding hydrogens is 254 g/mol. The van der Waals surface area contributed by atoms with Gasteiger partial charge in [-0.05, 0) is 25.7 Å². The highest BCUT2D eigenvalue weighted by atomic mass is 16.5. The molecule has 3 rings (SSSR count). The molecule has 112 valence electrons. The Kier molecular flexibility index (Phi) is 4.65. The first-order valence-corrected chi connectivity index (χ1v) is 7.71. The van der Waals surface area contributed by atoms with Gasteiger partial charge in [0, 0.05) is 45.5 Å². The Morgan fingerprint density at radius 3 is 2.75 bits per heavy atom. The fourth-order valence-corrected chi connectivity index (χ4v) is 2.68. The van der Waals surface area contributed by atoms with E-state index >= 15 is 0 Å². The average Bonchev–Trinajstić information content (AvgIpc) is 3.22. The molecule has 2 heterocycles. The first-order chi connectivity index (χ1) is 9.83.